The topological polar surface area (TPSA) is 55.4 Å². The van der Waals surface area contributed by atoms with E-state index in [1.54, 1.807) is 38.3 Å². The minimum atomic E-state index is -0.485. The Labute approximate surface area is 140 Å². The molecule has 0 saturated heterocycles. The predicted molar refractivity (Wildman–Crippen MR) is 91.1 cm³/mol. The van der Waals surface area contributed by atoms with Crippen LogP contribution in [0.1, 0.15) is 34.3 Å². The smallest absolute Gasteiger partial charge is 0.224 e. The fourth-order valence-electron chi connectivity index (χ4n) is 2.37. The Morgan fingerprint density at radius 3 is 2.46 bits per heavy atom. The van der Waals surface area contributed by atoms with Crippen molar-refractivity contribution < 1.29 is 18.7 Å². The number of amides is 1. The molecule has 0 aliphatic carbocycles. The Morgan fingerprint density at radius 2 is 1.83 bits per heavy atom. The summed E-state index contributed by atoms with van der Waals surface area (Å²) in [5.74, 6) is -0.329. The maximum absolute atomic E-state index is 13.7. The first-order valence-corrected chi connectivity index (χ1v) is 7.64. The van der Waals surface area contributed by atoms with E-state index in [9.17, 15) is 14.0 Å². The van der Waals surface area contributed by atoms with Crippen molar-refractivity contribution in [2.45, 2.75) is 26.7 Å². The summed E-state index contributed by atoms with van der Waals surface area (Å²) in [6.07, 6.45) is 0.0596. The van der Waals surface area contributed by atoms with Crippen LogP contribution in [0, 0.1) is 19.7 Å². The van der Waals surface area contributed by atoms with Crippen LogP contribution in [0.4, 0.5) is 10.1 Å². The fraction of sp³-hybridized carbons (Fsp3) is 0.263. The van der Waals surface area contributed by atoms with E-state index in [0.717, 1.165) is 11.1 Å². The molecule has 0 saturated carbocycles. The summed E-state index contributed by atoms with van der Waals surface area (Å²) < 4.78 is 18.8. The largest absolute Gasteiger partial charge is 0.497 e. The van der Waals surface area contributed by atoms with Crippen LogP contribution < -0.4 is 10.1 Å². The van der Waals surface area contributed by atoms with Crippen molar-refractivity contribution in [3.05, 3.63) is 58.9 Å². The number of hydrogen-bond acceptors (Lipinski definition) is 3. The van der Waals surface area contributed by atoms with Gasteiger partial charge in [-0.05, 0) is 55.3 Å². The first kappa shape index (κ1) is 17.7. The summed E-state index contributed by atoms with van der Waals surface area (Å²) in [4.78, 5) is 24.2. The Balaban J connectivity index is 1.95. The monoisotopic (exact) mass is 329 g/mol. The molecule has 1 amide bonds. The van der Waals surface area contributed by atoms with E-state index in [0.29, 0.717) is 11.3 Å². The Bertz CT molecular complexity index is 771. The van der Waals surface area contributed by atoms with Gasteiger partial charge in [-0.2, -0.15) is 0 Å². The molecule has 4 nitrogen and oxygen atoms in total. The molecule has 0 atom stereocenters. The van der Waals surface area contributed by atoms with E-state index in [1.165, 1.54) is 12.1 Å². The molecule has 2 aromatic carbocycles. The second kappa shape index (κ2) is 7.73. The fourth-order valence-corrected chi connectivity index (χ4v) is 2.37. The normalized spacial score (nSPS) is 10.3. The van der Waals surface area contributed by atoms with Gasteiger partial charge in [0.2, 0.25) is 5.91 Å². The van der Waals surface area contributed by atoms with Crippen LogP contribution in [-0.4, -0.2) is 18.8 Å². The summed E-state index contributed by atoms with van der Waals surface area (Å²) in [6.45, 7) is 3.59. The number of Topliss-reactive ketones (excluding diaryl/α,β-unsaturated/α-hetero) is 1. The van der Waals surface area contributed by atoms with Crippen LogP contribution in [0.5, 0.6) is 5.75 Å². The zero-order chi connectivity index (χ0) is 17.7. The third kappa shape index (κ3) is 4.41. The third-order valence-corrected chi connectivity index (χ3v) is 3.71. The van der Waals surface area contributed by atoms with E-state index in [1.807, 2.05) is 6.92 Å². The van der Waals surface area contributed by atoms with Crippen LogP contribution in [-0.2, 0) is 4.79 Å². The number of benzene rings is 2. The molecule has 24 heavy (non-hydrogen) atoms. The number of anilines is 1. The van der Waals surface area contributed by atoms with Gasteiger partial charge in [0.1, 0.15) is 11.6 Å². The van der Waals surface area contributed by atoms with Crippen molar-refractivity contribution in [3.63, 3.8) is 0 Å². The number of ketones is 1. The molecule has 0 aliphatic rings. The molecule has 0 fully saturated rings. The second-order valence-corrected chi connectivity index (χ2v) is 5.64. The molecule has 0 radical (unpaired) electrons. The molecule has 2 aromatic rings. The van der Waals surface area contributed by atoms with Crippen molar-refractivity contribution in [2.75, 3.05) is 12.4 Å². The van der Waals surface area contributed by atoms with E-state index < -0.39 is 11.7 Å². The Hall–Kier alpha value is -2.69. The summed E-state index contributed by atoms with van der Waals surface area (Å²) in [5, 5.41) is 2.49. The molecule has 0 aromatic heterocycles. The van der Waals surface area contributed by atoms with Gasteiger partial charge in [-0.25, -0.2) is 4.39 Å². The average molecular weight is 329 g/mol. The first-order valence-electron chi connectivity index (χ1n) is 7.64. The lowest BCUT2D eigenvalue weighted by Crippen LogP contribution is -2.14. The molecule has 0 heterocycles. The Kier molecular flexibility index (Phi) is 5.68. The number of rotatable bonds is 6. The van der Waals surface area contributed by atoms with Gasteiger partial charge in [-0.15, -0.1) is 0 Å². The van der Waals surface area contributed by atoms with Crippen LogP contribution in [0.2, 0.25) is 0 Å². The minimum absolute atomic E-state index is 0.00236. The Morgan fingerprint density at radius 1 is 1.08 bits per heavy atom. The quantitative estimate of drug-likeness (QED) is 0.813. The lowest BCUT2D eigenvalue weighted by Gasteiger charge is -2.09. The van der Waals surface area contributed by atoms with Gasteiger partial charge < -0.3 is 10.1 Å². The summed E-state index contributed by atoms with van der Waals surface area (Å²) in [7, 11) is 1.56. The van der Waals surface area contributed by atoms with Crippen LogP contribution in [0.15, 0.2) is 36.4 Å². The number of methoxy groups -OCH3 is 1. The zero-order valence-corrected chi connectivity index (χ0v) is 14.0. The van der Waals surface area contributed by atoms with Gasteiger partial charge in [-0.1, -0.05) is 6.07 Å². The van der Waals surface area contributed by atoms with Crippen LogP contribution in [0.25, 0.3) is 0 Å². The highest BCUT2D eigenvalue weighted by Crippen LogP contribution is 2.19. The van der Waals surface area contributed by atoms with Crippen LogP contribution >= 0.6 is 0 Å². The maximum Gasteiger partial charge on any atom is 0.224 e. The predicted octanol–water partition coefficient (Wildman–Crippen LogP) is 4.05. The van der Waals surface area contributed by atoms with Gasteiger partial charge in [0.05, 0.1) is 12.8 Å². The van der Waals surface area contributed by atoms with Gasteiger partial charge >= 0.3 is 0 Å². The van der Waals surface area contributed by atoms with Gasteiger partial charge in [-0.3, -0.25) is 9.59 Å². The van der Waals surface area contributed by atoms with Crippen molar-refractivity contribution in [1.29, 1.82) is 0 Å². The number of halogens is 1. The summed E-state index contributed by atoms with van der Waals surface area (Å²) >= 11 is 0. The van der Waals surface area contributed by atoms with Crippen molar-refractivity contribution in [1.82, 2.24) is 0 Å². The van der Waals surface area contributed by atoms with Gasteiger partial charge in [0.15, 0.2) is 5.78 Å². The highest BCUT2D eigenvalue weighted by Gasteiger charge is 2.13. The van der Waals surface area contributed by atoms with E-state index in [2.05, 4.69) is 5.32 Å². The number of nitrogens with one attached hydrogen (secondary N) is 1. The highest BCUT2D eigenvalue weighted by molar-refractivity contribution is 6.01. The number of carbonyl (C=O) groups is 2. The number of ether oxygens (including phenoxy) is 1. The lowest BCUT2D eigenvalue weighted by atomic mass is 10.0. The molecule has 0 bridgehead atoms. The standard InChI is InChI=1S/C19H20FNO3/c1-12-4-7-17(16(20)10-12)21-19(23)9-8-18(22)15-6-5-14(24-3)11-13(15)2/h4-7,10-11H,8-9H2,1-3H3,(H,21,23). The molecule has 5 heteroatoms. The molecule has 1 N–H and O–H groups in total. The number of carbonyl (C=O) groups excluding carboxylic acids is 2. The number of hydrogen-bond donors (Lipinski definition) is 1. The molecular formula is C19H20FNO3. The van der Waals surface area contributed by atoms with E-state index in [4.69, 9.17) is 4.74 Å². The molecule has 2 rings (SSSR count). The van der Waals surface area contributed by atoms with Crippen LogP contribution in [0.3, 0.4) is 0 Å². The SMILES string of the molecule is COc1ccc(C(=O)CCC(=O)Nc2ccc(C)cc2F)c(C)c1. The van der Waals surface area contributed by atoms with E-state index in [-0.39, 0.29) is 24.3 Å². The van der Waals surface area contributed by atoms with Gasteiger partial charge in [0.25, 0.3) is 0 Å². The van der Waals surface area contributed by atoms with Crippen molar-refractivity contribution in [3.8, 4) is 5.75 Å². The van der Waals surface area contributed by atoms with Gasteiger partial charge in [0, 0.05) is 18.4 Å². The first-order chi connectivity index (χ1) is 11.4. The summed E-state index contributed by atoms with van der Waals surface area (Å²) in [5.41, 5.74) is 2.25. The highest BCUT2D eigenvalue weighted by atomic mass is 19.1. The molecule has 0 aliphatic heterocycles. The third-order valence-electron chi connectivity index (χ3n) is 3.71. The number of aryl methyl sites for hydroxylation is 2. The van der Waals surface area contributed by atoms with Crippen molar-refractivity contribution in [2.24, 2.45) is 0 Å². The maximum atomic E-state index is 13.7. The van der Waals surface area contributed by atoms with Crippen molar-refractivity contribution >= 4 is 17.4 Å². The molecule has 126 valence electrons. The minimum Gasteiger partial charge on any atom is -0.497 e. The molecular weight excluding hydrogens is 309 g/mol. The second-order valence-electron chi connectivity index (χ2n) is 5.64. The molecule has 0 unspecified atom stereocenters. The lowest BCUT2D eigenvalue weighted by molar-refractivity contribution is -0.116. The summed E-state index contributed by atoms with van der Waals surface area (Å²) in [6, 6.07) is 9.75. The molecule has 0 spiro atoms. The zero-order valence-electron chi connectivity index (χ0n) is 14.0. The average Bonchev–Trinajstić information content (AvgIpc) is 2.55. The van der Waals surface area contributed by atoms with E-state index >= 15 is 0 Å².